The van der Waals surface area contributed by atoms with Crippen LogP contribution in [0.15, 0.2) is 48.5 Å². The van der Waals surface area contributed by atoms with Crippen LogP contribution in [-0.2, 0) is 0 Å². The van der Waals surface area contributed by atoms with Crippen molar-refractivity contribution in [3.63, 3.8) is 0 Å². The van der Waals surface area contributed by atoms with Crippen LogP contribution in [0.2, 0.25) is 0 Å². The van der Waals surface area contributed by atoms with Crippen molar-refractivity contribution in [3.8, 4) is 23.3 Å². The highest BCUT2D eigenvalue weighted by Crippen LogP contribution is 2.40. The van der Waals surface area contributed by atoms with Gasteiger partial charge in [0.2, 0.25) is 0 Å². The molecule has 0 aromatic heterocycles. The van der Waals surface area contributed by atoms with Gasteiger partial charge >= 0.3 is 0 Å². The fourth-order valence-corrected chi connectivity index (χ4v) is 2.49. The number of methoxy groups -OCH3 is 2. The molecule has 0 aliphatic heterocycles. The summed E-state index contributed by atoms with van der Waals surface area (Å²) in [7, 11) is 3.34. The summed E-state index contributed by atoms with van der Waals surface area (Å²) in [4.78, 5) is 0. The Labute approximate surface area is 139 Å². The summed E-state index contributed by atoms with van der Waals surface area (Å²) < 4.78 is 10.9. The molecule has 0 bridgehead atoms. The zero-order valence-corrected chi connectivity index (χ0v) is 14.5. The van der Waals surface area contributed by atoms with Gasteiger partial charge in [0.05, 0.1) is 20.1 Å². The number of hydrogen-bond donors (Lipinski definition) is 0. The fourth-order valence-electron chi connectivity index (χ4n) is 2.49. The second-order valence-electron chi connectivity index (χ2n) is 6.54. The minimum Gasteiger partial charge on any atom is -0.497 e. The van der Waals surface area contributed by atoms with E-state index in [0.717, 1.165) is 22.6 Å². The van der Waals surface area contributed by atoms with Crippen LogP contribution in [-0.4, -0.2) is 14.2 Å². The second-order valence-corrected chi connectivity index (χ2v) is 6.54. The summed E-state index contributed by atoms with van der Waals surface area (Å²) >= 11 is 0. The zero-order valence-electron chi connectivity index (χ0n) is 14.5. The highest BCUT2D eigenvalue weighted by atomic mass is 16.5. The molecule has 1 unspecified atom stereocenters. The first kappa shape index (κ1) is 17.0. The van der Waals surface area contributed by atoms with Crippen molar-refractivity contribution in [1.29, 1.82) is 0 Å². The van der Waals surface area contributed by atoms with Crippen molar-refractivity contribution in [1.82, 2.24) is 0 Å². The lowest BCUT2D eigenvalue weighted by Crippen LogP contribution is -2.17. The van der Waals surface area contributed by atoms with Gasteiger partial charge < -0.3 is 9.47 Å². The van der Waals surface area contributed by atoms with Crippen molar-refractivity contribution in [2.45, 2.75) is 26.7 Å². The maximum Gasteiger partial charge on any atom is 0.127 e. The molecule has 0 aliphatic carbocycles. The first-order chi connectivity index (χ1) is 11.0. The Balaban J connectivity index is 2.47. The molecule has 2 aromatic carbocycles. The lowest BCUT2D eigenvalue weighted by molar-refractivity contribution is 0.351. The molecule has 2 aromatic rings. The van der Waals surface area contributed by atoms with Gasteiger partial charge in [-0.1, -0.05) is 56.9 Å². The van der Waals surface area contributed by atoms with E-state index in [1.807, 2.05) is 48.5 Å². The molecule has 0 spiro atoms. The number of ether oxygens (including phenoxy) is 2. The molecule has 0 aliphatic rings. The van der Waals surface area contributed by atoms with Crippen LogP contribution in [0.4, 0.5) is 0 Å². The smallest absolute Gasteiger partial charge is 0.127 e. The highest BCUT2D eigenvalue weighted by Gasteiger charge is 2.27. The Morgan fingerprint density at radius 1 is 0.913 bits per heavy atom. The van der Waals surface area contributed by atoms with Gasteiger partial charge in [0.25, 0.3) is 0 Å². The number of rotatable bonds is 3. The minimum absolute atomic E-state index is 0.0103. The summed E-state index contributed by atoms with van der Waals surface area (Å²) in [6.07, 6.45) is 0. The molecule has 0 saturated heterocycles. The molecular weight excluding hydrogens is 284 g/mol. The third kappa shape index (κ3) is 4.29. The number of hydrogen-bond acceptors (Lipinski definition) is 2. The van der Waals surface area contributed by atoms with Crippen LogP contribution >= 0.6 is 0 Å². The Bertz CT molecular complexity index is 700. The quantitative estimate of drug-likeness (QED) is 0.752. The van der Waals surface area contributed by atoms with Gasteiger partial charge in [-0.2, -0.15) is 0 Å². The average Bonchev–Trinajstić information content (AvgIpc) is 2.55. The van der Waals surface area contributed by atoms with Crippen molar-refractivity contribution in [2.24, 2.45) is 5.41 Å². The molecule has 0 fully saturated rings. The van der Waals surface area contributed by atoms with Gasteiger partial charge in [-0.05, 0) is 23.6 Å². The topological polar surface area (TPSA) is 18.5 Å². The minimum atomic E-state index is -0.0103. The first-order valence-corrected chi connectivity index (χ1v) is 7.74. The van der Waals surface area contributed by atoms with Gasteiger partial charge in [-0.15, -0.1) is 0 Å². The first-order valence-electron chi connectivity index (χ1n) is 7.74. The zero-order chi connectivity index (χ0) is 16.9. The van der Waals surface area contributed by atoms with E-state index in [1.54, 1.807) is 14.2 Å². The second kappa shape index (κ2) is 7.24. The predicted octanol–water partition coefficient (Wildman–Crippen LogP) is 4.89. The van der Waals surface area contributed by atoms with Crippen molar-refractivity contribution >= 4 is 0 Å². The van der Waals surface area contributed by atoms with Gasteiger partial charge in [0.1, 0.15) is 11.5 Å². The molecule has 0 saturated carbocycles. The van der Waals surface area contributed by atoms with E-state index in [9.17, 15) is 0 Å². The highest BCUT2D eigenvalue weighted by molar-refractivity contribution is 5.47. The molecular formula is C21H24O2. The standard InChI is InChI=1S/C21H24O2/c1-21(2,3)19(14-11-16-9-7-6-8-10-16)18-13-12-17(22-4)15-20(18)23-5/h6-10,12-13,15,19H,1-5H3. The van der Waals surface area contributed by atoms with E-state index in [0.29, 0.717) is 0 Å². The Hall–Kier alpha value is -2.40. The molecule has 2 heteroatoms. The van der Waals surface area contributed by atoms with Crippen LogP contribution in [0.25, 0.3) is 0 Å². The van der Waals surface area contributed by atoms with E-state index in [-0.39, 0.29) is 11.3 Å². The molecule has 2 rings (SSSR count). The van der Waals surface area contributed by atoms with Crippen LogP contribution in [0.1, 0.15) is 37.8 Å². The van der Waals surface area contributed by atoms with Crippen molar-refractivity contribution < 1.29 is 9.47 Å². The summed E-state index contributed by atoms with van der Waals surface area (Å²) in [5, 5.41) is 0. The maximum atomic E-state index is 5.57. The Kier molecular flexibility index (Phi) is 5.34. The summed E-state index contributed by atoms with van der Waals surface area (Å²) in [6, 6.07) is 16.0. The van der Waals surface area contributed by atoms with E-state index in [4.69, 9.17) is 9.47 Å². The molecule has 0 N–H and O–H groups in total. The molecule has 1 atom stereocenters. The third-order valence-corrected chi connectivity index (χ3v) is 3.75. The predicted molar refractivity (Wildman–Crippen MR) is 95.1 cm³/mol. The van der Waals surface area contributed by atoms with Crippen molar-refractivity contribution in [3.05, 3.63) is 59.7 Å². The fraction of sp³-hybridized carbons (Fsp3) is 0.333. The van der Waals surface area contributed by atoms with Crippen LogP contribution in [0.5, 0.6) is 11.5 Å². The van der Waals surface area contributed by atoms with E-state index in [2.05, 4.69) is 32.6 Å². The normalized spacial score (nSPS) is 12.0. The molecule has 0 radical (unpaired) electrons. The van der Waals surface area contributed by atoms with Crippen LogP contribution < -0.4 is 9.47 Å². The molecule has 0 amide bonds. The maximum absolute atomic E-state index is 5.57. The van der Waals surface area contributed by atoms with Crippen LogP contribution in [0.3, 0.4) is 0 Å². The summed E-state index contributed by atoms with van der Waals surface area (Å²) in [5.74, 6) is 8.38. The number of benzene rings is 2. The summed E-state index contributed by atoms with van der Waals surface area (Å²) in [6.45, 7) is 6.59. The van der Waals surface area contributed by atoms with Crippen LogP contribution in [0, 0.1) is 17.3 Å². The van der Waals surface area contributed by atoms with Crippen molar-refractivity contribution in [2.75, 3.05) is 14.2 Å². The lowest BCUT2D eigenvalue weighted by atomic mass is 9.76. The molecule has 23 heavy (non-hydrogen) atoms. The Morgan fingerprint density at radius 2 is 1.61 bits per heavy atom. The SMILES string of the molecule is COc1ccc(C(C#Cc2ccccc2)C(C)(C)C)c(OC)c1. The summed E-state index contributed by atoms with van der Waals surface area (Å²) in [5.41, 5.74) is 2.10. The largest absolute Gasteiger partial charge is 0.497 e. The van der Waals surface area contributed by atoms with E-state index < -0.39 is 0 Å². The average molecular weight is 308 g/mol. The van der Waals surface area contributed by atoms with Gasteiger partial charge in [0.15, 0.2) is 0 Å². The Morgan fingerprint density at radius 3 is 2.17 bits per heavy atom. The third-order valence-electron chi connectivity index (χ3n) is 3.75. The molecule has 120 valence electrons. The monoisotopic (exact) mass is 308 g/mol. The van der Waals surface area contributed by atoms with Gasteiger partial charge in [-0.25, -0.2) is 0 Å². The molecule has 0 heterocycles. The molecule has 2 nitrogen and oxygen atoms in total. The lowest BCUT2D eigenvalue weighted by Gasteiger charge is -2.28. The van der Waals surface area contributed by atoms with Gasteiger partial charge in [-0.3, -0.25) is 0 Å². The van der Waals surface area contributed by atoms with Gasteiger partial charge in [0, 0.05) is 17.2 Å². The van der Waals surface area contributed by atoms with E-state index >= 15 is 0 Å². The van der Waals surface area contributed by atoms with E-state index in [1.165, 1.54) is 0 Å².